The van der Waals surface area contributed by atoms with Crippen LogP contribution in [0.1, 0.15) is 158 Å². The maximum atomic E-state index is 5.30. The van der Waals surface area contributed by atoms with Gasteiger partial charge in [-0.1, -0.05) is 592 Å². The van der Waals surface area contributed by atoms with E-state index >= 15 is 0 Å². The molecule has 0 fully saturated rings. The van der Waals surface area contributed by atoms with Gasteiger partial charge in [-0.25, -0.2) is 15.0 Å². The molecule has 716 valence electrons. The van der Waals surface area contributed by atoms with Crippen LogP contribution in [-0.2, 0) is 32.5 Å². The number of aromatic nitrogens is 3. The fraction of sp³-hybridized carbons (Fsp3) is 0.170. The van der Waals surface area contributed by atoms with Gasteiger partial charge in [-0.2, -0.15) is 0 Å². The maximum Gasteiger partial charge on any atom is 0.242 e. The summed E-state index contributed by atoms with van der Waals surface area (Å²) in [6.07, 6.45) is 0. The quantitative estimate of drug-likeness (QED) is 0.0804. The first-order valence-corrected chi connectivity index (χ1v) is 52.4. The van der Waals surface area contributed by atoms with Crippen LogP contribution in [0.2, 0.25) is 0 Å². The number of fused-ring (bicyclic) bond motifs is 15. The average molecular weight is 1900 g/mol. The summed E-state index contributed by atoms with van der Waals surface area (Å²) in [6, 6.07) is 166. The molecule has 3 heterocycles. The molecular weight excluding hydrogens is 1770 g/mol. The molecule has 23 rings (SSSR count). The summed E-state index contributed by atoms with van der Waals surface area (Å²) >= 11 is 0. The third-order valence-electron chi connectivity index (χ3n) is 30.3. The smallest absolute Gasteiger partial charge is 0.242 e. The molecule has 0 amide bonds. The first-order valence-electron chi connectivity index (χ1n) is 52.4. The van der Waals surface area contributed by atoms with Crippen LogP contribution >= 0.6 is 0 Å². The molecule has 23 aromatic rings. The van der Waals surface area contributed by atoms with Gasteiger partial charge in [0.25, 0.3) is 0 Å². The average Bonchev–Trinajstić information content (AvgIpc) is 0.729. The Morgan fingerprint density at radius 3 is 0.673 bits per heavy atom. The standard InChI is InChI=1S/2C49H44BN.C43H40BN/c1-48(2,3)35-23-27-37(28-24-35)50(38-29-25-36(26-30-38)49(4,5)6)39-18-14-17-34(31-39)43-32-44-46(41-20-11-10-19-40(41)43)42-21-12-13-22-45(42)51-47(44)33-15-8-7-9-16-33;1-48(2,3)35-22-28-38(29-23-35)50(39-30-24-36(25-31-39)49(4,5)6)37-26-20-33(21-27-37)43-32-44-46(41-17-11-10-16-40(41)43)42-18-12-13-19-45(42)51-47(44)34-14-8-7-9-15-34;1-42(2,3)30-20-24-32(25-21-30)44(33-26-22-31(23-27-33)43(4,5)6)38-28-37-40(35-17-11-10-16-34(35)38)36-18-12-13-19-39(36)45-41(37)29-14-8-7-9-15-29/h2*7-32H,1-6H3;7-28H,1-6H3. The first-order chi connectivity index (χ1) is 70.7. The van der Waals surface area contributed by atoms with E-state index in [0.717, 1.165) is 50.3 Å². The van der Waals surface area contributed by atoms with Crippen LogP contribution < -0.4 is 49.2 Å². The van der Waals surface area contributed by atoms with Crippen LogP contribution in [0, 0.1) is 0 Å². The minimum atomic E-state index is 0.0532. The van der Waals surface area contributed by atoms with E-state index in [-0.39, 0.29) is 52.6 Å². The number of rotatable bonds is 14. The number of pyridine rings is 3. The van der Waals surface area contributed by atoms with E-state index in [2.05, 4.69) is 574 Å². The Bertz CT molecular complexity index is 8630. The number of hydrogen-bond donors (Lipinski definition) is 0. The van der Waals surface area contributed by atoms with Crippen molar-refractivity contribution in [3.05, 3.63) is 482 Å². The normalized spacial score (nSPS) is 12.1. The summed E-state index contributed by atoms with van der Waals surface area (Å²) in [5, 5.41) is 18.4. The number of nitrogens with zero attached hydrogens (tertiary/aromatic N) is 3. The molecule has 0 aliphatic rings. The predicted octanol–water partition coefficient (Wildman–Crippen LogP) is 31.3. The lowest BCUT2D eigenvalue weighted by molar-refractivity contribution is 0.590. The second-order valence-corrected chi connectivity index (χ2v) is 46.5. The molecule has 0 radical (unpaired) electrons. The number of benzene rings is 20. The number of hydrogen-bond acceptors (Lipinski definition) is 3. The zero-order valence-corrected chi connectivity index (χ0v) is 88.3. The van der Waals surface area contributed by atoms with Gasteiger partial charge in [-0.15, -0.1) is 0 Å². The van der Waals surface area contributed by atoms with Crippen LogP contribution in [-0.4, -0.2) is 35.1 Å². The molecule has 0 saturated carbocycles. The molecule has 0 saturated heterocycles. The highest BCUT2D eigenvalue weighted by molar-refractivity contribution is 6.97. The molecule has 0 spiro atoms. The van der Waals surface area contributed by atoms with Gasteiger partial charge in [0, 0.05) is 65.2 Å². The maximum absolute atomic E-state index is 5.30. The Balaban J connectivity index is 0.000000130. The monoisotopic (exact) mass is 1900 g/mol. The summed E-state index contributed by atoms with van der Waals surface area (Å²) in [6.45, 7) is 41.3. The zero-order valence-electron chi connectivity index (χ0n) is 88.3. The SMILES string of the molecule is CC(C)(C)c1ccc(B(c2ccc(-c3cc4c(-c5ccccc5)nc5ccccc5c4c4ccccc34)cc2)c2ccc(C(C)(C)C)cc2)cc1.CC(C)(C)c1ccc(B(c2ccc(C(C)(C)C)cc2)c2cc3c(-c4ccccc4)nc4ccccc4c3c3ccccc23)cc1.CC(C)(C)c1ccc(B(c2ccc(C(C)(C)C)cc2)c2cccc(-c3cc4c(-c5ccccc5)nc5ccccc5c4c4ccccc34)c2)cc1. The summed E-state index contributed by atoms with van der Waals surface area (Å²) in [4.78, 5) is 15.9. The minimum absolute atomic E-state index is 0.0532. The third kappa shape index (κ3) is 19.7. The highest BCUT2D eigenvalue weighted by Gasteiger charge is 2.33. The Morgan fingerprint density at radius 1 is 0.150 bits per heavy atom. The summed E-state index contributed by atoms with van der Waals surface area (Å²) in [7, 11) is 0. The second kappa shape index (κ2) is 39.4. The van der Waals surface area contributed by atoms with Crippen molar-refractivity contribution < 1.29 is 0 Å². The van der Waals surface area contributed by atoms with Crippen molar-refractivity contribution in [3.8, 4) is 56.0 Å². The molecule has 147 heavy (non-hydrogen) atoms. The zero-order chi connectivity index (χ0) is 102. The molecule has 0 N–H and O–H groups in total. The molecule has 20 aromatic carbocycles. The topological polar surface area (TPSA) is 38.7 Å². The van der Waals surface area contributed by atoms with E-state index in [1.807, 2.05) is 0 Å². The fourth-order valence-corrected chi connectivity index (χ4v) is 22.1. The van der Waals surface area contributed by atoms with Gasteiger partial charge in [0.1, 0.15) is 0 Å². The van der Waals surface area contributed by atoms with Gasteiger partial charge in [0.05, 0.1) is 33.6 Å². The molecule has 0 unspecified atom stereocenters. The minimum Gasteiger partial charge on any atom is -0.247 e. The molecule has 6 heteroatoms. The van der Waals surface area contributed by atoms with E-state index < -0.39 is 0 Å². The van der Waals surface area contributed by atoms with Crippen molar-refractivity contribution >= 4 is 167 Å². The second-order valence-electron chi connectivity index (χ2n) is 46.5. The van der Waals surface area contributed by atoms with Crippen LogP contribution in [0.5, 0.6) is 0 Å². The highest BCUT2D eigenvalue weighted by atomic mass is 14.7. The van der Waals surface area contributed by atoms with Gasteiger partial charge < -0.3 is 0 Å². The Labute approximate surface area is 870 Å². The van der Waals surface area contributed by atoms with Crippen LogP contribution in [0.3, 0.4) is 0 Å². The van der Waals surface area contributed by atoms with Crippen molar-refractivity contribution in [2.45, 2.75) is 157 Å². The van der Waals surface area contributed by atoms with E-state index in [4.69, 9.17) is 15.0 Å². The summed E-state index contributed by atoms with van der Waals surface area (Å²) in [5.41, 5.74) is 34.7. The van der Waals surface area contributed by atoms with Gasteiger partial charge in [0.2, 0.25) is 20.1 Å². The van der Waals surface area contributed by atoms with Gasteiger partial charge in [0.15, 0.2) is 0 Å². The van der Waals surface area contributed by atoms with Gasteiger partial charge in [-0.05, 0) is 151 Å². The van der Waals surface area contributed by atoms with E-state index in [1.165, 1.54) is 186 Å². The fourth-order valence-electron chi connectivity index (χ4n) is 22.1. The Morgan fingerprint density at radius 2 is 0.374 bits per heavy atom. The molecular formula is C141H128B3N3. The van der Waals surface area contributed by atoms with Gasteiger partial charge >= 0.3 is 0 Å². The Hall–Kier alpha value is -15.6. The van der Waals surface area contributed by atoms with Crippen molar-refractivity contribution in [2.75, 3.05) is 0 Å². The predicted molar refractivity (Wildman–Crippen MR) is 642 cm³/mol. The number of para-hydroxylation sites is 3. The summed E-state index contributed by atoms with van der Waals surface area (Å²) in [5.74, 6) is 0. The molecule has 0 aliphatic carbocycles. The molecule has 0 bridgehead atoms. The lowest BCUT2D eigenvalue weighted by Crippen LogP contribution is -2.52. The molecule has 0 aliphatic heterocycles. The lowest BCUT2D eigenvalue weighted by Gasteiger charge is -2.24. The van der Waals surface area contributed by atoms with Crippen LogP contribution in [0.25, 0.3) is 153 Å². The van der Waals surface area contributed by atoms with Crippen molar-refractivity contribution in [3.63, 3.8) is 0 Å². The van der Waals surface area contributed by atoms with E-state index in [9.17, 15) is 0 Å². The lowest BCUT2D eigenvalue weighted by atomic mass is 9.36. The highest BCUT2D eigenvalue weighted by Crippen LogP contribution is 2.46. The molecule has 0 atom stereocenters. The first kappa shape index (κ1) is 97.5. The molecule has 3 aromatic heterocycles. The van der Waals surface area contributed by atoms with Crippen molar-refractivity contribution in [1.29, 1.82) is 0 Å². The summed E-state index contributed by atoms with van der Waals surface area (Å²) < 4.78 is 0. The van der Waals surface area contributed by atoms with Crippen molar-refractivity contribution in [2.24, 2.45) is 0 Å². The van der Waals surface area contributed by atoms with Crippen LogP contribution in [0.15, 0.2) is 449 Å². The van der Waals surface area contributed by atoms with E-state index in [1.54, 1.807) is 0 Å². The molecule has 3 nitrogen and oxygen atoms in total. The van der Waals surface area contributed by atoms with Crippen molar-refractivity contribution in [1.82, 2.24) is 15.0 Å². The largest absolute Gasteiger partial charge is 0.247 e. The van der Waals surface area contributed by atoms with E-state index in [0.29, 0.717) is 0 Å². The Kier molecular flexibility index (Phi) is 26.1. The third-order valence-corrected chi connectivity index (χ3v) is 30.3. The van der Waals surface area contributed by atoms with Crippen LogP contribution in [0.4, 0.5) is 0 Å². The van der Waals surface area contributed by atoms with Gasteiger partial charge in [-0.3, -0.25) is 0 Å².